The molecule has 2 amide bonds. The molecule has 0 aromatic heterocycles. The van der Waals surface area contributed by atoms with Crippen LogP contribution >= 0.6 is 0 Å². The predicted molar refractivity (Wildman–Crippen MR) is 132 cm³/mol. The second-order valence-electron chi connectivity index (χ2n) is 9.11. The van der Waals surface area contributed by atoms with Crippen LogP contribution in [0, 0.1) is 5.82 Å². The first-order valence-corrected chi connectivity index (χ1v) is 12.5. The van der Waals surface area contributed by atoms with Crippen LogP contribution in [0.1, 0.15) is 29.7 Å². The highest BCUT2D eigenvalue weighted by molar-refractivity contribution is 5.79. The molecule has 0 spiro atoms. The maximum Gasteiger partial charge on any atom is 0.236 e. The zero-order valence-electron chi connectivity index (χ0n) is 20.4. The van der Waals surface area contributed by atoms with E-state index in [0.717, 1.165) is 17.5 Å². The van der Waals surface area contributed by atoms with Crippen molar-refractivity contribution in [3.8, 4) is 0 Å². The van der Waals surface area contributed by atoms with Crippen molar-refractivity contribution in [3.63, 3.8) is 0 Å². The summed E-state index contributed by atoms with van der Waals surface area (Å²) in [6, 6.07) is 14.4. The Balaban J connectivity index is 1.31. The molecule has 4 rings (SSSR count). The Morgan fingerprint density at radius 3 is 2.26 bits per heavy atom. The summed E-state index contributed by atoms with van der Waals surface area (Å²) < 4.78 is 19.3. The third-order valence-corrected chi connectivity index (χ3v) is 6.81. The van der Waals surface area contributed by atoms with Gasteiger partial charge in [-0.25, -0.2) is 4.39 Å². The molecule has 1 N–H and O–H groups in total. The van der Waals surface area contributed by atoms with Gasteiger partial charge in [-0.2, -0.15) is 0 Å². The molecule has 2 fully saturated rings. The average molecular weight is 483 g/mol. The minimum atomic E-state index is -0.298. The van der Waals surface area contributed by atoms with Crippen molar-refractivity contribution >= 4 is 11.8 Å². The van der Waals surface area contributed by atoms with Crippen LogP contribution in [0.2, 0.25) is 0 Å². The predicted octanol–water partition coefficient (Wildman–Crippen LogP) is 2.07. The maximum atomic E-state index is 14.0. The van der Waals surface area contributed by atoms with E-state index in [9.17, 15) is 14.0 Å². The van der Waals surface area contributed by atoms with Gasteiger partial charge < -0.3 is 14.5 Å². The van der Waals surface area contributed by atoms with E-state index >= 15 is 0 Å². The van der Waals surface area contributed by atoms with Crippen LogP contribution in [0.5, 0.6) is 0 Å². The number of carbonyl (C=O) groups excluding carboxylic acids is 2. The lowest BCUT2D eigenvalue weighted by Gasteiger charge is -2.36. The number of halogens is 1. The molecule has 188 valence electrons. The number of nitrogens with one attached hydrogen (secondary N) is 1. The fraction of sp³-hybridized carbons (Fsp3) is 0.481. The number of piperazine rings is 1. The number of ether oxygens (including phenoxy) is 1. The Morgan fingerprint density at radius 1 is 0.914 bits per heavy atom. The van der Waals surface area contributed by atoms with E-state index in [4.69, 9.17) is 4.74 Å². The monoisotopic (exact) mass is 482 g/mol. The van der Waals surface area contributed by atoms with Gasteiger partial charge in [-0.1, -0.05) is 43.3 Å². The molecule has 0 bridgehead atoms. The van der Waals surface area contributed by atoms with Crippen LogP contribution in [-0.4, -0.2) is 92.1 Å². The summed E-state index contributed by atoms with van der Waals surface area (Å²) in [5.74, 6) is -0.161. The molecular weight excluding hydrogens is 447 g/mol. The van der Waals surface area contributed by atoms with E-state index in [1.54, 1.807) is 6.07 Å². The van der Waals surface area contributed by atoms with Crippen LogP contribution in [0.3, 0.4) is 0 Å². The highest BCUT2D eigenvalue weighted by Gasteiger charge is 2.25. The van der Waals surface area contributed by atoms with Crippen LogP contribution in [0.15, 0.2) is 48.5 Å². The molecule has 8 heteroatoms. The van der Waals surface area contributed by atoms with Gasteiger partial charge in [0.25, 0.3) is 0 Å². The molecule has 0 radical (unpaired) electrons. The maximum absolute atomic E-state index is 14.0. The van der Waals surface area contributed by atoms with Crippen LogP contribution in [0.25, 0.3) is 0 Å². The van der Waals surface area contributed by atoms with Gasteiger partial charge in [-0.15, -0.1) is 0 Å². The molecule has 2 aromatic carbocycles. The molecule has 2 heterocycles. The number of aryl methyl sites for hydroxylation is 1. The number of nitrogens with zero attached hydrogens (tertiary/aromatic N) is 3. The van der Waals surface area contributed by atoms with Crippen molar-refractivity contribution in [2.24, 2.45) is 0 Å². The van der Waals surface area contributed by atoms with Crippen molar-refractivity contribution in [3.05, 3.63) is 71.0 Å². The summed E-state index contributed by atoms with van der Waals surface area (Å²) in [5.41, 5.74) is 3.01. The van der Waals surface area contributed by atoms with Crippen molar-refractivity contribution in [1.29, 1.82) is 0 Å². The van der Waals surface area contributed by atoms with E-state index in [-0.39, 0.29) is 30.2 Å². The molecule has 1 atom stereocenters. The Morgan fingerprint density at radius 2 is 1.60 bits per heavy atom. The molecule has 2 aromatic rings. The lowest BCUT2D eigenvalue weighted by atomic mass is 9.97. The van der Waals surface area contributed by atoms with Gasteiger partial charge in [-0.05, 0) is 35.2 Å². The van der Waals surface area contributed by atoms with E-state index in [0.29, 0.717) is 59.0 Å². The minimum absolute atomic E-state index is 0.00994. The molecule has 0 unspecified atom stereocenters. The second-order valence-corrected chi connectivity index (χ2v) is 9.11. The first kappa shape index (κ1) is 25.3. The van der Waals surface area contributed by atoms with E-state index in [2.05, 4.69) is 29.3 Å². The number of benzene rings is 2. The average Bonchev–Trinajstić information content (AvgIpc) is 2.90. The molecule has 0 aliphatic carbocycles. The van der Waals surface area contributed by atoms with Gasteiger partial charge >= 0.3 is 0 Å². The second kappa shape index (κ2) is 12.2. The molecular formula is C27H35FN4O3. The quantitative estimate of drug-likeness (QED) is 0.624. The summed E-state index contributed by atoms with van der Waals surface area (Å²) in [4.78, 5) is 31.3. The van der Waals surface area contributed by atoms with Gasteiger partial charge in [0, 0.05) is 39.3 Å². The summed E-state index contributed by atoms with van der Waals surface area (Å²) in [6.07, 6.45) is 0.945. The lowest BCUT2D eigenvalue weighted by Crippen LogP contribution is -2.53. The zero-order chi connectivity index (χ0) is 24.6. The summed E-state index contributed by atoms with van der Waals surface area (Å²) >= 11 is 0. The molecule has 2 aliphatic heterocycles. The number of hydrogen-bond donors (Lipinski definition) is 1. The molecule has 2 saturated heterocycles. The van der Waals surface area contributed by atoms with Crippen molar-refractivity contribution in [2.75, 3.05) is 65.6 Å². The molecule has 35 heavy (non-hydrogen) atoms. The Labute approximate surface area is 206 Å². The van der Waals surface area contributed by atoms with E-state index < -0.39 is 0 Å². The van der Waals surface area contributed by atoms with Crippen molar-refractivity contribution in [2.45, 2.75) is 19.4 Å². The van der Waals surface area contributed by atoms with Gasteiger partial charge in [0.05, 0.1) is 32.3 Å². The molecule has 0 saturated carbocycles. The smallest absolute Gasteiger partial charge is 0.236 e. The highest BCUT2D eigenvalue weighted by Crippen LogP contribution is 2.23. The molecule has 2 aliphatic rings. The fourth-order valence-corrected chi connectivity index (χ4v) is 4.62. The van der Waals surface area contributed by atoms with Crippen LogP contribution in [0.4, 0.5) is 4.39 Å². The number of morpholine rings is 1. The van der Waals surface area contributed by atoms with E-state index in [1.807, 2.05) is 28.0 Å². The Hall–Kier alpha value is -2.81. The minimum Gasteiger partial charge on any atom is -0.378 e. The van der Waals surface area contributed by atoms with E-state index in [1.165, 1.54) is 17.7 Å². The molecule has 7 nitrogen and oxygen atoms in total. The van der Waals surface area contributed by atoms with Gasteiger partial charge in [0.15, 0.2) is 0 Å². The Kier molecular flexibility index (Phi) is 8.84. The van der Waals surface area contributed by atoms with Crippen molar-refractivity contribution in [1.82, 2.24) is 20.0 Å². The Bertz CT molecular complexity index is 986. The summed E-state index contributed by atoms with van der Waals surface area (Å²) in [5, 5.41) is 3.36. The normalized spacial score (nSPS) is 17.9. The third-order valence-electron chi connectivity index (χ3n) is 6.81. The number of carbonyl (C=O) groups is 2. The zero-order valence-corrected chi connectivity index (χ0v) is 20.4. The summed E-state index contributed by atoms with van der Waals surface area (Å²) in [7, 11) is 0. The van der Waals surface area contributed by atoms with Crippen molar-refractivity contribution < 1.29 is 18.7 Å². The standard InChI is InChI=1S/C27H35FN4O3/c1-2-21-6-8-22(9-7-21)27(23-4-3-5-24(28)18-23)29-19-25(33)31-12-10-30(11-13-31)20-26(34)32-14-16-35-17-15-32/h3-9,18,27,29H,2,10-17,19-20H2,1H3/t27-/m1/s1. The number of rotatable bonds is 8. The first-order chi connectivity index (χ1) is 17.0. The lowest BCUT2D eigenvalue weighted by molar-refractivity contribution is -0.137. The third kappa shape index (κ3) is 6.87. The summed E-state index contributed by atoms with van der Waals surface area (Å²) in [6.45, 7) is 7.67. The highest BCUT2D eigenvalue weighted by atomic mass is 19.1. The number of hydrogen-bond acceptors (Lipinski definition) is 5. The largest absolute Gasteiger partial charge is 0.378 e. The van der Waals surface area contributed by atoms with Gasteiger partial charge in [0.2, 0.25) is 11.8 Å². The SMILES string of the molecule is CCc1ccc([C@@H](NCC(=O)N2CCN(CC(=O)N3CCOCC3)CC2)c2cccc(F)c2)cc1. The van der Waals surface area contributed by atoms with Crippen LogP contribution < -0.4 is 5.32 Å². The first-order valence-electron chi connectivity index (χ1n) is 12.5. The number of amides is 2. The van der Waals surface area contributed by atoms with Gasteiger partial charge in [-0.3, -0.25) is 19.8 Å². The van der Waals surface area contributed by atoms with Gasteiger partial charge in [0.1, 0.15) is 5.82 Å². The fourth-order valence-electron chi connectivity index (χ4n) is 4.62. The van der Waals surface area contributed by atoms with Crippen LogP contribution in [-0.2, 0) is 20.7 Å². The topological polar surface area (TPSA) is 65.1 Å².